The van der Waals surface area contributed by atoms with Crippen LogP contribution in [0.1, 0.15) is 55.2 Å². The number of para-hydroxylation sites is 3. The number of hydrogen-bond acceptors (Lipinski definition) is 1. The van der Waals surface area contributed by atoms with E-state index in [1.807, 2.05) is 0 Å². The van der Waals surface area contributed by atoms with Gasteiger partial charge in [0.2, 0.25) is 0 Å². The third-order valence-corrected chi connectivity index (χ3v) is 11.9. The standard InChI is InChI=1S/C52H40N2O/c1-52(2,3)37-24-30-47-44(32-37)40-10-4-7-13-45(40)53(47)38-25-20-35(21-26-38)33-16-18-34(19-17-33)36-22-27-39(28-23-36)54-46-14-8-5-12-43(46)50-48(54)31-29-42-41-11-6-9-15-49(41)55-51(42)50/h4-32,42,51H,1-3H3. The van der Waals surface area contributed by atoms with E-state index in [0.717, 1.165) is 11.4 Å². The van der Waals surface area contributed by atoms with Crippen LogP contribution in [0.3, 0.4) is 0 Å². The first kappa shape index (κ1) is 31.9. The number of aromatic nitrogens is 2. The second-order valence-electron chi connectivity index (χ2n) is 16.1. The summed E-state index contributed by atoms with van der Waals surface area (Å²) in [6, 6.07) is 59.8. The van der Waals surface area contributed by atoms with Gasteiger partial charge in [-0.15, -0.1) is 0 Å². The number of nitrogens with zero attached hydrogens (tertiary/aromatic N) is 2. The van der Waals surface area contributed by atoms with Crippen LogP contribution < -0.4 is 4.74 Å². The highest BCUT2D eigenvalue weighted by molar-refractivity contribution is 6.09. The predicted octanol–water partition coefficient (Wildman–Crippen LogP) is 13.6. The molecule has 1 aliphatic carbocycles. The number of rotatable bonds is 4. The summed E-state index contributed by atoms with van der Waals surface area (Å²) in [5, 5.41) is 3.84. The van der Waals surface area contributed by atoms with E-state index in [0.29, 0.717) is 0 Å². The molecule has 0 N–H and O–H groups in total. The lowest BCUT2D eigenvalue weighted by Gasteiger charge is -2.22. The van der Waals surface area contributed by atoms with Gasteiger partial charge in [0.25, 0.3) is 0 Å². The Kier molecular flexibility index (Phi) is 6.94. The van der Waals surface area contributed by atoms with Crippen LogP contribution in [0.25, 0.3) is 72.4 Å². The summed E-state index contributed by atoms with van der Waals surface area (Å²) in [7, 11) is 0. The van der Waals surface area contributed by atoms with Gasteiger partial charge < -0.3 is 13.9 Å². The predicted molar refractivity (Wildman–Crippen MR) is 229 cm³/mol. The van der Waals surface area contributed by atoms with Gasteiger partial charge >= 0.3 is 0 Å². The highest BCUT2D eigenvalue weighted by Crippen LogP contribution is 2.52. The minimum Gasteiger partial charge on any atom is -0.484 e. The van der Waals surface area contributed by atoms with E-state index in [1.54, 1.807) is 0 Å². The van der Waals surface area contributed by atoms with Crippen molar-refractivity contribution in [3.8, 4) is 39.4 Å². The van der Waals surface area contributed by atoms with Gasteiger partial charge in [-0.1, -0.05) is 136 Å². The van der Waals surface area contributed by atoms with Crippen molar-refractivity contribution >= 4 is 38.8 Å². The molecule has 2 unspecified atom stereocenters. The molecule has 3 nitrogen and oxygen atoms in total. The molecule has 11 rings (SSSR count). The Labute approximate surface area is 321 Å². The summed E-state index contributed by atoms with van der Waals surface area (Å²) in [6.07, 6.45) is 4.60. The minimum atomic E-state index is -0.0203. The van der Waals surface area contributed by atoms with Gasteiger partial charge in [-0.05, 0) is 93.9 Å². The second kappa shape index (κ2) is 12.0. The van der Waals surface area contributed by atoms with Gasteiger partial charge in [-0.3, -0.25) is 0 Å². The quantitative estimate of drug-likeness (QED) is 0.178. The van der Waals surface area contributed by atoms with Crippen LogP contribution in [0.2, 0.25) is 0 Å². The third-order valence-electron chi connectivity index (χ3n) is 11.9. The number of ether oxygens (including phenoxy) is 1. The molecule has 0 fully saturated rings. The van der Waals surface area contributed by atoms with E-state index in [2.05, 4.69) is 206 Å². The fraction of sp³-hybridized carbons (Fsp3) is 0.115. The summed E-state index contributed by atoms with van der Waals surface area (Å²) in [4.78, 5) is 0. The van der Waals surface area contributed by atoms with Crippen LogP contribution in [0.5, 0.6) is 5.75 Å². The largest absolute Gasteiger partial charge is 0.484 e. The number of hydrogen-bond donors (Lipinski definition) is 0. The smallest absolute Gasteiger partial charge is 0.137 e. The first-order valence-corrected chi connectivity index (χ1v) is 19.3. The van der Waals surface area contributed by atoms with Gasteiger partial charge in [0.1, 0.15) is 11.9 Å². The molecule has 55 heavy (non-hydrogen) atoms. The van der Waals surface area contributed by atoms with Crippen LogP contribution in [0.15, 0.2) is 170 Å². The van der Waals surface area contributed by atoms with Gasteiger partial charge in [0.15, 0.2) is 0 Å². The van der Waals surface area contributed by atoms with E-state index < -0.39 is 0 Å². The molecule has 2 aliphatic rings. The zero-order valence-electron chi connectivity index (χ0n) is 31.2. The molecule has 0 spiro atoms. The highest BCUT2D eigenvalue weighted by Gasteiger charge is 2.39. The van der Waals surface area contributed by atoms with E-state index >= 15 is 0 Å². The van der Waals surface area contributed by atoms with E-state index in [-0.39, 0.29) is 17.4 Å². The third kappa shape index (κ3) is 4.96. The molecule has 0 radical (unpaired) electrons. The Morgan fingerprint density at radius 3 is 1.67 bits per heavy atom. The summed E-state index contributed by atoms with van der Waals surface area (Å²) in [6.45, 7) is 6.84. The Morgan fingerprint density at radius 2 is 1.02 bits per heavy atom. The van der Waals surface area contributed by atoms with Crippen molar-refractivity contribution in [2.24, 2.45) is 0 Å². The average molecular weight is 709 g/mol. The molecule has 7 aromatic carbocycles. The summed E-state index contributed by atoms with van der Waals surface area (Å²) in [5.41, 5.74) is 16.0. The molecular weight excluding hydrogens is 669 g/mol. The monoisotopic (exact) mass is 708 g/mol. The topological polar surface area (TPSA) is 19.1 Å². The maximum Gasteiger partial charge on any atom is 0.137 e. The van der Waals surface area contributed by atoms with E-state index in [9.17, 15) is 0 Å². The van der Waals surface area contributed by atoms with Crippen molar-refractivity contribution in [2.45, 2.75) is 38.2 Å². The zero-order chi connectivity index (χ0) is 36.8. The zero-order valence-corrected chi connectivity index (χ0v) is 31.2. The fourth-order valence-corrected chi connectivity index (χ4v) is 9.08. The lowest BCUT2D eigenvalue weighted by Crippen LogP contribution is -2.13. The lowest BCUT2D eigenvalue weighted by molar-refractivity contribution is 0.224. The highest BCUT2D eigenvalue weighted by atomic mass is 16.5. The van der Waals surface area contributed by atoms with Crippen molar-refractivity contribution in [1.82, 2.24) is 9.13 Å². The molecule has 0 bridgehead atoms. The SMILES string of the molecule is CC(C)(C)c1ccc2c(c1)c1ccccc1n2-c1ccc(-c2ccc(-c3ccc(-n4c5c(c6ccccc64)C4Oc6ccccc6C4C=C5)cc3)cc2)cc1. The molecule has 3 heterocycles. The molecule has 0 saturated carbocycles. The Balaban J connectivity index is 0.884. The molecule has 1 aliphatic heterocycles. The van der Waals surface area contributed by atoms with Gasteiger partial charge in [-0.2, -0.15) is 0 Å². The first-order valence-electron chi connectivity index (χ1n) is 19.3. The summed E-state index contributed by atoms with van der Waals surface area (Å²) < 4.78 is 11.4. The maximum atomic E-state index is 6.61. The molecular formula is C52H40N2O. The van der Waals surface area contributed by atoms with E-state index in [1.165, 1.54) is 83.0 Å². The number of fused-ring (bicyclic) bond motifs is 10. The lowest BCUT2D eigenvalue weighted by atomic mass is 9.86. The summed E-state index contributed by atoms with van der Waals surface area (Å²) >= 11 is 0. The Hall–Kier alpha value is -6.58. The molecule has 264 valence electrons. The molecule has 0 amide bonds. The fourth-order valence-electron chi connectivity index (χ4n) is 9.08. The number of benzene rings is 7. The molecule has 9 aromatic rings. The van der Waals surface area contributed by atoms with Crippen molar-refractivity contribution in [1.29, 1.82) is 0 Å². The molecule has 2 atom stereocenters. The van der Waals surface area contributed by atoms with Gasteiger partial charge in [0, 0.05) is 44.6 Å². The second-order valence-corrected chi connectivity index (χ2v) is 16.1. The summed E-state index contributed by atoms with van der Waals surface area (Å²) in [5.74, 6) is 1.22. The molecule has 3 heteroatoms. The van der Waals surface area contributed by atoms with Crippen molar-refractivity contribution < 1.29 is 4.74 Å². The molecule has 0 saturated heterocycles. The average Bonchev–Trinajstić information content (AvgIpc) is 3.88. The molecule has 2 aromatic heterocycles. The Bertz CT molecular complexity index is 2970. The normalized spacial score (nSPS) is 16.0. The first-order chi connectivity index (χ1) is 26.9. The van der Waals surface area contributed by atoms with Crippen LogP contribution in [0.4, 0.5) is 0 Å². The Morgan fingerprint density at radius 1 is 0.491 bits per heavy atom. The maximum absolute atomic E-state index is 6.61. The van der Waals surface area contributed by atoms with Gasteiger partial charge in [0.05, 0.1) is 22.2 Å². The van der Waals surface area contributed by atoms with Crippen molar-refractivity contribution in [2.75, 3.05) is 0 Å². The van der Waals surface area contributed by atoms with Crippen LogP contribution in [-0.4, -0.2) is 9.13 Å². The minimum absolute atomic E-state index is 0.0203. The van der Waals surface area contributed by atoms with Crippen molar-refractivity contribution in [3.05, 3.63) is 192 Å². The van der Waals surface area contributed by atoms with E-state index in [4.69, 9.17) is 4.74 Å². The van der Waals surface area contributed by atoms with Crippen molar-refractivity contribution in [3.63, 3.8) is 0 Å². The van der Waals surface area contributed by atoms with Crippen LogP contribution >= 0.6 is 0 Å². The van der Waals surface area contributed by atoms with Crippen LogP contribution in [-0.2, 0) is 5.41 Å². The van der Waals surface area contributed by atoms with Gasteiger partial charge in [-0.25, -0.2) is 0 Å². The van der Waals surface area contributed by atoms with Crippen LogP contribution in [0, 0.1) is 0 Å².